The van der Waals surface area contributed by atoms with Crippen LogP contribution < -0.4 is 10.6 Å². The van der Waals surface area contributed by atoms with E-state index in [4.69, 9.17) is 5.73 Å². The van der Waals surface area contributed by atoms with Crippen LogP contribution in [-0.2, 0) is 13.6 Å². The van der Waals surface area contributed by atoms with Gasteiger partial charge in [-0.2, -0.15) is 5.10 Å². The summed E-state index contributed by atoms with van der Waals surface area (Å²) in [7, 11) is 1.92. The number of hydrogen-bond donors (Lipinski definition) is 1. The second-order valence-electron chi connectivity index (χ2n) is 6.74. The summed E-state index contributed by atoms with van der Waals surface area (Å²) < 4.78 is 1.82. The predicted octanol–water partition coefficient (Wildman–Crippen LogP) is 1.51. The van der Waals surface area contributed by atoms with Gasteiger partial charge >= 0.3 is 0 Å². The number of aromatic nitrogens is 4. The van der Waals surface area contributed by atoms with E-state index in [1.54, 1.807) is 12.4 Å². The first kappa shape index (κ1) is 18.0. The molecular formula is C20H24N8. The topological polar surface area (TPSA) is 88.5 Å². The smallest absolute Gasteiger partial charge is 0.225 e. The van der Waals surface area contributed by atoms with Gasteiger partial charge in [-0.15, -0.1) is 0 Å². The van der Waals surface area contributed by atoms with Gasteiger partial charge in [0.15, 0.2) is 5.96 Å². The molecule has 0 unspecified atom stereocenters. The number of nitrogens with two attached hydrogens (primary N) is 1. The lowest BCUT2D eigenvalue weighted by molar-refractivity contribution is 0.378. The molecule has 2 aromatic heterocycles. The van der Waals surface area contributed by atoms with Crippen LogP contribution in [-0.4, -0.2) is 56.8 Å². The molecule has 0 saturated carbocycles. The fraction of sp³-hybridized carbons (Fsp3) is 0.300. The van der Waals surface area contributed by atoms with E-state index in [1.807, 2.05) is 42.2 Å². The van der Waals surface area contributed by atoms with Gasteiger partial charge in [0.25, 0.3) is 0 Å². The first-order valence-electron chi connectivity index (χ1n) is 9.35. The van der Waals surface area contributed by atoms with E-state index in [0.29, 0.717) is 12.5 Å². The van der Waals surface area contributed by atoms with Crippen LogP contribution in [0.3, 0.4) is 0 Å². The minimum atomic E-state index is 0.506. The van der Waals surface area contributed by atoms with Crippen LogP contribution in [0.4, 0.5) is 5.95 Å². The number of benzene rings is 1. The van der Waals surface area contributed by atoms with Crippen molar-refractivity contribution in [3.05, 3.63) is 60.6 Å². The maximum absolute atomic E-state index is 6.27. The van der Waals surface area contributed by atoms with Crippen molar-refractivity contribution in [2.24, 2.45) is 17.8 Å². The number of piperazine rings is 1. The molecule has 1 aromatic carbocycles. The summed E-state index contributed by atoms with van der Waals surface area (Å²) >= 11 is 0. The lowest BCUT2D eigenvalue weighted by Crippen LogP contribution is -2.51. The van der Waals surface area contributed by atoms with Crippen molar-refractivity contribution in [2.45, 2.75) is 6.54 Å². The SMILES string of the molecule is Cn1cc(CN=C(N)N2CCN(c3ncccn3)CC2)c(-c2ccccc2)n1. The van der Waals surface area contributed by atoms with E-state index in [2.05, 4.69) is 42.0 Å². The van der Waals surface area contributed by atoms with E-state index >= 15 is 0 Å². The van der Waals surface area contributed by atoms with Crippen LogP contribution in [0.2, 0.25) is 0 Å². The third-order valence-electron chi connectivity index (χ3n) is 4.80. The molecule has 8 nitrogen and oxygen atoms in total. The third kappa shape index (κ3) is 3.95. The Labute approximate surface area is 164 Å². The molecule has 8 heteroatoms. The standard InChI is InChI=1S/C20H24N8/c1-26-15-17(18(25-26)16-6-3-2-4-7-16)14-24-19(21)27-10-12-28(13-11-27)20-22-8-5-9-23-20/h2-9,15H,10-14H2,1H3,(H2,21,24). The highest BCUT2D eigenvalue weighted by Crippen LogP contribution is 2.22. The summed E-state index contributed by atoms with van der Waals surface area (Å²) in [5.41, 5.74) is 9.37. The zero-order chi connectivity index (χ0) is 19.3. The summed E-state index contributed by atoms with van der Waals surface area (Å²) in [6.45, 7) is 3.75. The highest BCUT2D eigenvalue weighted by atomic mass is 15.4. The van der Waals surface area contributed by atoms with E-state index in [-0.39, 0.29) is 0 Å². The quantitative estimate of drug-likeness (QED) is 0.549. The number of rotatable bonds is 4. The van der Waals surface area contributed by atoms with Crippen LogP contribution in [0.5, 0.6) is 0 Å². The molecule has 1 aliphatic heterocycles. The van der Waals surface area contributed by atoms with Crippen molar-refractivity contribution in [1.29, 1.82) is 0 Å². The van der Waals surface area contributed by atoms with Crippen molar-refractivity contribution in [3.63, 3.8) is 0 Å². The molecule has 3 aromatic rings. The van der Waals surface area contributed by atoms with Crippen LogP contribution in [0.1, 0.15) is 5.56 Å². The Kier molecular flexibility index (Phi) is 5.18. The van der Waals surface area contributed by atoms with Gasteiger partial charge in [-0.05, 0) is 6.07 Å². The average Bonchev–Trinajstić information content (AvgIpc) is 3.14. The van der Waals surface area contributed by atoms with Crippen molar-refractivity contribution in [1.82, 2.24) is 24.6 Å². The minimum Gasteiger partial charge on any atom is -0.370 e. The summed E-state index contributed by atoms with van der Waals surface area (Å²) in [5.74, 6) is 1.33. The Morgan fingerprint density at radius 2 is 1.75 bits per heavy atom. The van der Waals surface area contributed by atoms with Crippen molar-refractivity contribution in [2.75, 3.05) is 31.1 Å². The predicted molar refractivity (Wildman–Crippen MR) is 110 cm³/mol. The fourth-order valence-electron chi connectivity index (χ4n) is 3.35. The molecule has 144 valence electrons. The summed E-state index contributed by atoms with van der Waals surface area (Å²) in [4.78, 5) is 17.5. The molecule has 0 amide bonds. The Balaban J connectivity index is 1.41. The summed E-state index contributed by atoms with van der Waals surface area (Å²) in [6, 6.07) is 12.0. The Hall–Kier alpha value is -3.42. The van der Waals surface area contributed by atoms with Crippen LogP contribution >= 0.6 is 0 Å². The number of anilines is 1. The lowest BCUT2D eigenvalue weighted by atomic mass is 10.1. The molecule has 0 aliphatic carbocycles. The molecule has 1 fully saturated rings. The van der Waals surface area contributed by atoms with Gasteiger partial charge < -0.3 is 15.5 Å². The fourth-order valence-corrected chi connectivity index (χ4v) is 3.35. The van der Waals surface area contributed by atoms with Gasteiger partial charge in [-0.25, -0.2) is 15.0 Å². The Bertz CT molecular complexity index is 927. The van der Waals surface area contributed by atoms with Crippen molar-refractivity contribution >= 4 is 11.9 Å². The minimum absolute atomic E-state index is 0.506. The van der Waals surface area contributed by atoms with Crippen LogP contribution in [0.25, 0.3) is 11.3 Å². The molecule has 28 heavy (non-hydrogen) atoms. The first-order chi connectivity index (χ1) is 13.7. The molecule has 1 saturated heterocycles. The third-order valence-corrected chi connectivity index (χ3v) is 4.80. The molecule has 0 atom stereocenters. The van der Waals surface area contributed by atoms with E-state index in [1.165, 1.54) is 0 Å². The molecule has 0 radical (unpaired) electrons. The van der Waals surface area contributed by atoms with Gasteiger partial charge in [0.1, 0.15) is 0 Å². The number of nitrogens with zero attached hydrogens (tertiary/aromatic N) is 7. The second kappa shape index (κ2) is 8.08. The monoisotopic (exact) mass is 376 g/mol. The first-order valence-corrected chi connectivity index (χ1v) is 9.35. The zero-order valence-electron chi connectivity index (χ0n) is 15.9. The van der Waals surface area contributed by atoms with Gasteiger partial charge in [0, 0.05) is 62.9 Å². The molecule has 1 aliphatic rings. The number of aryl methyl sites for hydroxylation is 1. The zero-order valence-corrected chi connectivity index (χ0v) is 15.9. The number of guanidine groups is 1. The van der Waals surface area contributed by atoms with Gasteiger partial charge in [-0.3, -0.25) is 4.68 Å². The van der Waals surface area contributed by atoms with E-state index in [0.717, 1.165) is 48.9 Å². The van der Waals surface area contributed by atoms with Crippen molar-refractivity contribution < 1.29 is 0 Å². The highest BCUT2D eigenvalue weighted by molar-refractivity contribution is 5.78. The van der Waals surface area contributed by atoms with Gasteiger partial charge in [0.05, 0.1) is 12.2 Å². The van der Waals surface area contributed by atoms with E-state index < -0.39 is 0 Å². The van der Waals surface area contributed by atoms with Crippen LogP contribution in [0.15, 0.2) is 60.0 Å². The highest BCUT2D eigenvalue weighted by Gasteiger charge is 2.20. The van der Waals surface area contributed by atoms with Crippen LogP contribution in [0, 0.1) is 0 Å². The largest absolute Gasteiger partial charge is 0.370 e. The molecule has 2 N–H and O–H groups in total. The second-order valence-corrected chi connectivity index (χ2v) is 6.74. The average molecular weight is 376 g/mol. The van der Waals surface area contributed by atoms with E-state index in [9.17, 15) is 0 Å². The maximum Gasteiger partial charge on any atom is 0.225 e. The maximum atomic E-state index is 6.27. The van der Waals surface area contributed by atoms with Gasteiger partial charge in [0.2, 0.25) is 5.95 Å². The van der Waals surface area contributed by atoms with Gasteiger partial charge in [-0.1, -0.05) is 30.3 Å². The molecular weight excluding hydrogens is 352 g/mol. The normalized spacial score (nSPS) is 15.1. The number of aliphatic imine (C=N–C) groups is 1. The lowest BCUT2D eigenvalue weighted by Gasteiger charge is -2.35. The van der Waals surface area contributed by atoms with Crippen molar-refractivity contribution in [3.8, 4) is 11.3 Å². The summed E-state index contributed by atoms with van der Waals surface area (Å²) in [5, 5.41) is 4.59. The molecule has 4 rings (SSSR count). The molecule has 3 heterocycles. The number of hydrogen-bond acceptors (Lipinski definition) is 5. The summed E-state index contributed by atoms with van der Waals surface area (Å²) in [6.07, 6.45) is 5.54. The Morgan fingerprint density at radius 1 is 1.04 bits per heavy atom. The molecule has 0 bridgehead atoms. The molecule has 0 spiro atoms. The Morgan fingerprint density at radius 3 is 2.46 bits per heavy atom.